The summed E-state index contributed by atoms with van der Waals surface area (Å²) in [5.74, 6) is -3.37. The molecule has 4 aromatic rings. The molecule has 2 aliphatic heterocycles. The summed E-state index contributed by atoms with van der Waals surface area (Å²) in [4.78, 5) is 38.5. The standard InChI is InChI=1S/C31H33F2N7O6S/c1-3-18-14-19(4-5-21(18)30(42)38-10-12-39(13-11-38)31(43)23-15-20(41)16-35-23)37-28-29-36-17-24(40(29)9-8-34-28)22-6-7-25(27(33)26(22)32)46-47(2,44)45/h4-9,14,17,20,23,35,41H,3,10-13,15-16H2,1-2H3,(H,34,37)/t20-,23+/m1/s1. The number of imidazole rings is 1. The number of aliphatic hydroxyl groups is 1. The highest BCUT2D eigenvalue weighted by atomic mass is 32.2. The molecule has 2 fully saturated rings. The molecule has 4 heterocycles. The van der Waals surface area contributed by atoms with Gasteiger partial charge in [-0.05, 0) is 48.7 Å². The Morgan fingerprint density at radius 1 is 1.09 bits per heavy atom. The molecule has 0 radical (unpaired) electrons. The molecular formula is C31H33F2N7O6S. The largest absolute Gasteiger partial charge is 0.392 e. The molecular weight excluding hydrogens is 636 g/mol. The summed E-state index contributed by atoms with van der Waals surface area (Å²) in [5, 5.41) is 16.0. The predicted molar refractivity (Wildman–Crippen MR) is 168 cm³/mol. The van der Waals surface area contributed by atoms with E-state index in [2.05, 4.69) is 24.8 Å². The zero-order valence-corrected chi connectivity index (χ0v) is 26.4. The van der Waals surface area contributed by atoms with Gasteiger partial charge in [-0.1, -0.05) is 6.92 Å². The third-order valence-corrected chi connectivity index (χ3v) is 8.74. The van der Waals surface area contributed by atoms with Crippen LogP contribution >= 0.6 is 0 Å². The van der Waals surface area contributed by atoms with Gasteiger partial charge in [0.15, 0.2) is 23.0 Å². The van der Waals surface area contributed by atoms with Crippen molar-refractivity contribution in [3.05, 3.63) is 71.7 Å². The van der Waals surface area contributed by atoms with Crippen LogP contribution in [0, 0.1) is 11.6 Å². The second-order valence-electron chi connectivity index (χ2n) is 11.5. The van der Waals surface area contributed by atoms with Crippen LogP contribution in [0.2, 0.25) is 0 Å². The van der Waals surface area contributed by atoms with Crippen molar-refractivity contribution in [2.45, 2.75) is 31.9 Å². The van der Waals surface area contributed by atoms with Crippen molar-refractivity contribution in [1.29, 1.82) is 0 Å². The van der Waals surface area contributed by atoms with Crippen LogP contribution in [0.1, 0.15) is 29.3 Å². The lowest BCUT2D eigenvalue weighted by atomic mass is 10.0. The maximum atomic E-state index is 15.0. The summed E-state index contributed by atoms with van der Waals surface area (Å²) >= 11 is 0. The number of β-amino-alcohol motifs (C(OH)–C–C–N with tert-alkyl or cyclic N) is 1. The Hall–Kier alpha value is -4.67. The normalized spacial score (nSPS) is 18.5. The highest BCUT2D eigenvalue weighted by molar-refractivity contribution is 7.86. The number of amides is 2. The minimum atomic E-state index is -4.06. The first-order valence-corrected chi connectivity index (χ1v) is 16.8. The highest BCUT2D eigenvalue weighted by Crippen LogP contribution is 2.32. The summed E-state index contributed by atoms with van der Waals surface area (Å²) in [6, 6.07) is 7.16. The van der Waals surface area contributed by atoms with Gasteiger partial charge in [0.1, 0.15) is 0 Å². The van der Waals surface area contributed by atoms with Gasteiger partial charge >= 0.3 is 10.1 Å². The number of nitrogens with one attached hydrogen (secondary N) is 2. The van der Waals surface area contributed by atoms with E-state index in [1.807, 2.05) is 13.0 Å². The number of aryl methyl sites for hydroxylation is 1. The fraction of sp³-hybridized carbons (Fsp3) is 0.355. The zero-order valence-electron chi connectivity index (χ0n) is 25.6. The van der Waals surface area contributed by atoms with Crippen molar-refractivity contribution in [2.24, 2.45) is 0 Å². The molecule has 16 heteroatoms. The maximum Gasteiger partial charge on any atom is 0.306 e. The van der Waals surface area contributed by atoms with Gasteiger partial charge in [-0.2, -0.15) is 12.8 Å². The zero-order chi connectivity index (χ0) is 33.5. The lowest BCUT2D eigenvalue weighted by Gasteiger charge is -2.36. The number of anilines is 2. The molecule has 47 heavy (non-hydrogen) atoms. The Morgan fingerprint density at radius 3 is 2.51 bits per heavy atom. The van der Waals surface area contributed by atoms with E-state index >= 15 is 4.39 Å². The van der Waals surface area contributed by atoms with Gasteiger partial charge in [-0.3, -0.25) is 14.0 Å². The second kappa shape index (κ2) is 12.8. The molecule has 0 saturated carbocycles. The third-order valence-electron chi connectivity index (χ3n) is 8.26. The Labute approximate surface area is 269 Å². The minimum absolute atomic E-state index is 0.0547. The van der Waals surface area contributed by atoms with Gasteiger partial charge in [0.25, 0.3) is 5.91 Å². The van der Waals surface area contributed by atoms with Crippen molar-refractivity contribution in [2.75, 3.05) is 44.3 Å². The molecule has 0 spiro atoms. The van der Waals surface area contributed by atoms with E-state index in [0.717, 1.165) is 17.9 Å². The summed E-state index contributed by atoms with van der Waals surface area (Å²) < 4.78 is 58.6. The molecule has 13 nitrogen and oxygen atoms in total. The van der Waals surface area contributed by atoms with Gasteiger partial charge < -0.3 is 29.7 Å². The summed E-state index contributed by atoms with van der Waals surface area (Å²) in [7, 11) is -4.06. The molecule has 2 atom stereocenters. The number of carbonyl (C=O) groups is 2. The number of rotatable bonds is 8. The predicted octanol–water partition coefficient (Wildman–Crippen LogP) is 2.33. The highest BCUT2D eigenvalue weighted by Gasteiger charge is 2.34. The smallest absolute Gasteiger partial charge is 0.306 e. The summed E-state index contributed by atoms with van der Waals surface area (Å²) in [6.07, 6.45) is 5.50. The first-order chi connectivity index (χ1) is 22.4. The third kappa shape index (κ3) is 6.61. The van der Waals surface area contributed by atoms with Crippen LogP contribution in [0.3, 0.4) is 0 Å². The van der Waals surface area contributed by atoms with Crippen molar-refractivity contribution in [1.82, 2.24) is 29.5 Å². The maximum absolute atomic E-state index is 15.0. The van der Waals surface area contributed by atoms with Crippen molar-refractivity contribution in [3.63, 3.8) is 0 Å². The van der Waals surface area contributed by atoms with Crippen molar-refractivity contribution < 1.29 is 36.1 Å². The average molecular weight is 670 g/mol. The number of aliphatic hydroxyl groups excluding tert-OH is 1. The number of benzene rings is 2. The molecule has 2 amide bonds. The van der Waals surface area contributed by atoms with Gasteiger partial charge in [0, 0.05) is 61.9 Å². The molecule has 6 rings (SSSR count). The Balaban J connectivity index is 1.18. The molecule has 248 valence electrons. The van der Waals surface area contributed by atoms with Crippen LogP contribution in [0.4, 0.5) is 20.3 Å². The number of nitrogens with zero attached hydrogens (tertiary/aromatic N) is 5. The van der Waals surface area contributed by atoms with Gasteiger partial charge in [0.2, 0.25) is 11.7 Å². The molecule has 3 N–H and O–H groups in total. The van der Waals surface area contributed by atoms with Crippen LogP contribution < -0.4 is 14.8 Å². The average Bonchev–Trinajstić information content (AvgIpc) is 3.69. The van der Waals surface area contributed by atoms with Crippen LogP contribution in [-0.4, -0.2) is 101 Å². The van der Waals surface area contributed by atoms with E-state index < -0.39 is 39.6 Å². The second-order valence-corrected chi connectivity index (χ2v) is 13.0. The Morgan fingerprint density at radius 2 is 1.83 bits per heavy atom. The molecule has 0 aliphatic carbocycles. The summed E-state index contributed by atoms with van der Waals surface area (Å²) in [6.45, 7) is 3.96. The number of halogens is 2. The van der Waals surface area contributed by atoms with E-state index in [4.69, 9.17) is 0 Å². The number of hydrogen-bond acceptors (Lipinski definition) is 10. The summed E-state index contributed by atoms with van der Waals surface area (Å²) in [5.41, 5.74) is 2.32. The van der Waals surface area contributed by atoms with Crippen molar-refractivity contribution >= 4 is 39.1 Å². The SMILES string of the molecule is CCc1cc(Nc2nccn3c(-c4ccc(OS(C)(=O)=O)c(F)c4F)cnc23)ccc1C(=O)N1CCN(C(=O)[C@@H]2C[C@@H](O)CN2)CC1. The van der Waals surface area contributed by atoms with E-state index in [-0.39, 0.29) is 23.1 Å². The fourth-order valence-electron chi connectivity index (χ4n) is 5.90. The lowest BCUT2D eigenvalue weighted by molar-refractivity contribution is -0.134. The van der Waals surface area contributed by atoms with E-state index in [1.54, 1.807) is 21.9 Å². The number of carbonyl (C=O) groups excluding carboxylic acids is 2. The number of fused-ring (bicyclic) bond motifs is 1. The molecule has 2 saturated heterocycles. The molecule has 2 aromatic heterocycles. The fourth-order valence-corrected chi connectivity index (χ4v) is 6.35. The molecule has 0 unspecified atom stereocenters. The number of aromatic nitrogens is 3. The number of hydrogen-bond donors (Lipinski definition) is 3. The quantitative estimate of drug-likeness (QED) is 0.238. The van der Waals surface area contributed by atoms with Crippen LogP contribution in [0.15, 0.2) is 48.9 Å². The monoisotopic (exact) mass is 669 g/mol. The van der Waals surface area contributed by atoms with E-state index in [1.165, 1.54) is 29.1 Å². The minimum Gasteiger partial charge on any atom is -0.392 e. The van der Waals surface area contributed by atoms with E-state index in [0.29, 0.717) is 68.3 Å². The first kappa shape index (κ1) is 32.3. The number of piperazine rings is 1. The Bertz CT molecular complexity index is 1960. The Kier molecular flexibility index (Phi) is 8.82. The topological polar surface area (TPSA) is 158 Å². The van der Waals surface area contributed by atoms with Gasteiger partial charge in [-0.15, -0.1) is 0 Å². The molecule has 2 aromatic carbocycles. The van der Waals surface area contributed by atoms with Gasteiger partial charge in [-0.25, -0.2) is 14.4 Å². The van der Waals surface area contributed by atoms with Crippen LogP contribution in [0.25, 0.3) is 16.9 Å². The van der Waals surface area contributed by atoms with Gasteiger partial charge in [0.05, 0.1) is 30.3 Å². The van der Waals surface area contributed by atoms with Crippen molar-refractivity contribution in [3.8, 4) is 17.0 Å². The first-order valence-electron chi connectivity index (χ1n) is 15.0. The van der Waals surface area contributed by atoms with Crippen LogP contribution in [-0.2, 0) is 21.3 Å². The van der Waals surface area contributed by atoms with E-state index in [9.17, 15) is 27.5 Å². The lowest BCUT2D eigenvalue weighted by Crippen LogP contribution is -2.54. The van der Waals surface area contributed by atoms with Crippen LogP contribution in [0.5, 0.6) is 5.75 Å². The molecule has 2 aliphatic rings. The molecule has 0 bridgehead atoms.